The van der Waals surface area contributed by atoms with Gasteiger partial charge in [0.1, 0.15) is 5.82 Å². The maximum atomic E-state index is 14.7. The Morgan fingerprint density at radius 3 is 2.55 bits per heavy atom. The Labute approximate surface area is 205 Å². The molecule has 3 nitrogen and oxygen atoms in total. The molecule has 1 saturated heterocycles. The van der Waals surface area contributed by atoms with E-state index < -0.39 is 28.2 Å². The first-order chi connectivity index (χ1) is 15.3. The maximum absolute atomic E-state index is 14.7. The van der Waals surface area contributed by atoms with Crippen molar-refractivity contribution in [2.24, 2.45) is 17.3 Å². The highest BCUT2D eigenvalue weighted by Crippen LogP contribution is 2.59. The molecule has 10 heteroatoms. The van der Waals surface area contributed by atoms with Gasteiger partial charge in [-0.15, -0.1) is 11.6 Å². The molecule has 1 amide bonds. The van der Waals surface area contributed by atoms with Gasteiger partial charge in [-0.1, -0.05) is 29.3 Å². The van der Waals surface area contributed by atoms with Crippen LogP contribution in [-0.4, -0.2) is 30.0 Å². The zero-order chi connectivity index (χ0) is 24.2. The molecule has 4 rings (SSSR count). The van der Waals surface area contributed by atoms with E-state index in [-0.39, 0.29) is 60.8 Å². The number of carbonyl (C=O) groups is 1. The summed E-state index contributed by atoms with van der Waals surface area (Å²) in [6, 6.07) is 4.35. The summed E-state index contributed by atoms with van der Waals surface area (Å²) in [6.45, 7) is 1.45. The van der Waals surface area contributed by atoms with Crippen LogP contribution in [0, 0.1) is 23.1 Å². The largest absolute Gasteiger partial charge is 0.396 e. The second kappa shape index (κ2) is 8.80. The summed E-state index contributed by atoms with van der Waals surface area (Å²) in [5.74, 6) is -1.49. The van der Waals surface area contributed by atoms with Crippen LogP contribution in [0.4, 0.5) is 23.2 Å². The summed E-state index contributed by atoms with van der Waals surface area (Å²) in [6.07, 6.45) is -2.89. The molecule has 1 aliphatic heterocycles. The van der Waals surface area contributed by atoms with Gasteiger partial charge in [-0.05, 0) is 57.1 Å². The lowest BCUT2D eigenvalue weighted by molar-refractivity contribution is -0.236. The summed E-state index contributed by atoms with van der Waals surface area (Å²) in [5.41, 5.74) is -1.36. The molecular weight excluding hydrogens is 503 g/mol. The first-order valence-corrected chi connectivity index (χ1v) is 12.1. The Morgan fingerprint density at radius 2 is 1.97 bits per heavy atom. The lowest BCUT2D eigenvalue weighted by Gasteiger charge is -2.44. The van der Waals surface area contributed by atoms with E-state index in [1.54, 1.807) is 17.9 Å². The standard InChI is InChI=1S/C23H25Cl3F4N2O/c1-21(26)10-15(8-17(24)19(21)25)22(23(28,29)30)6-7-32(12-22)16-5-4-14(18(27)9-16)11-31-20(33)13-2-3-13/h4-5,9,13,15H,2-3,6-8,10-12H2,1H3,(H,31,33)/t15?,21?,22-/m0/s1. The molecule has 3 aliphatic rings. The van der Waals surface area contributed by atoms with Crippen LogP contribution in [0.2, 0.25) is 0 Å². The van der Waals surface area contributed by atoms with Crippen LogP contribution in [0.25, 0.3) is 0 Å². The topological polar surface area (TPSA) is 32.3 Å². The average molecular weight is 528 g/mol. The van der Waals surface area contributed by atoms with Crippen molar-refractivity contribution in [3.63, 3.8) is 0 Å². The number of allylic oxidation sites excluding steroid dienone is 2. The van der Waals surface area contributed by atoms with Gasteiger partial charge in [0.05, 0.1) is 15.3 Å². The fraction of sp³-hybridized carbons (Fsp3) is 0.609. The predicted molar refractivity (Wildman–Crippen MR) is 122 cm³/mol. The second-order valence-corrected chi connectivity index (χ2v) is 11.3. The number of nitrogens with one attached hydrogen (secondary N) is 1. The third kappa shape index (κ3) is 4.83. The van der Waals surface area contributed by atoms with Gasteiger partial charge in [-0.2, -0.15) is 13.2 Å². The summed E-state index contributed by atoms with van der Waals surface area (Å²) in [5, 5.41) is 3.06. The molecule has 33 heavy (non-hydrogen) atoms. The zero-order valence-corrected chi connectivity index (χ0v) is 20.3. The second-order valence-electron chi connectivity index (χ2n) is 9.61. The Kier molecular flexibility index (Phi) is 6.64. The van der Waals surface area contributed by atoms with E-state index in [1.165, 1.54) is 12.1 Å². The van der Waals surface area contributed by atoms with Crippen LogP contribution >= 0.6 is 34.8 Å². The molecule has 1 N–H and O–H groups in total. The highest BCUT2D eigenvalue weighted by Gasteiger charge is 2.63. The van der Waals surface area contributed by atoms with Gasteiger partial charge in [0.2, 0.25) is 5.91 Å². The van der Waals surface area contributed by atoms with Crippen LogP contribution in [0.15, 0.2) is 28.3 Å². The molecule has 182 valence electrons. The number of hydrogen-bond donors (Lipinski definition) is 1. The number of carbonyl (C=O) groups excluding carboxylic acids is 1. The molecular formula is C23H25Cl3F4N2O. The van der Waals surface area contributed by atoms with Crippen molar-refractivity contribution in [1.82, 2.24) is 5.32 Å². The summed E-state index contributed by atoms with van der Waals surface area (Å²) >= 11 is 18.8. The van der Waals surface area contributed by atoms with Crippen molar-refractivity contribution in [3.8, 4) is 0 Å². The number of rotatable bonds is 5. The summed E-state index contributed by atoms with van der Waals surface area (Å²) < 4.78 is 58.1. The number of halogens is 7. The van der Waals surface area contributed by atoms with Crippen molar-refractivity contribution in [2.45, 2.75) is 56.6 Å². The van der Waals surface area contributed by atoms with Gasteiger partial charge in [-0.3, -0.25) is 4.79 Å². The van der Waals surface area contributed by atoms with Gasteiger partial charge in [-0.25, -0.2) is 4.39 Å². The van der Waals surface area contributed by atoms with Crippen LogP contribution in [0.3, 0.4) is 0 Å². The smallest absolute Gasteiger partial charge is 0.371 e. The molecule has 0 aromatic heterocycles. The number of nitrogens with zero attached hydrogens (tertiary/aromatic N) is 1. The minimum Gasteiger partial charge on any atom is -0.371 e. The molecule has 0 bridgehead atoms. The molecule has 2 aliphatic carbocycles. The van der Waals surface area contributed by atoms with E-state index in [0.717, 1.165) is 12.8 Å². The van der Waals surface area contributed by atoms with Crippen molar-refractivity contribution in [3.05, 3.63) is 39.6 Å². The summed E-state index contributed by atoms with van der Waals surface area (Å²) in [7, 11) is 0. The third-order valence-electron chi connectivity index (χ3n) is 7.20. The van der Waals surface area contributed by atoms with E-state index in [9.17, 15) is 22.4 Å². The van der Waals surface area contributed by atoms with E-state index >= 15 is 0 Å². The van der Waals surface area contributed by atoms with Gasteiger partial charge < -0.3 is 10.2 Å². The van der Waals surface area contributed by atoms with E-state index in [0.29, 0.717) is 11.3 Å². The van der Waals surface area contributed by atoms with Crippen LogP contribution in [-0.2, 0) is 11.3 Å². The van der Waals surface area contributed by atoms with Crippen molar-refractivity contribution >= 4 is 46.4 Å². The quantitative estimate of drug-likeness (QED) is 0.341. The van der Waals surface area contributed by atoms with Crippen LogP contribution < -0.4 is 10.2 Å². The maximum Gasteiger partial charge on any atom is 0.396 e. The monoisotopic (exact) mass is 526 g/mol. The highest BCUT2D eigenvalue weighted by atomic mass is 35.5. The Balaban J connectivity index is 1.53. The van der Waals surface area contributed by atoms with Gasteiger partial charge in [0.25, 0.3) is 0 Å². The average Bonchev–Trinajstić information content (AvgIpc) is 3.47. The third-order valence-corrected chi connectivity index (χ3v) is 8.73. The van der Waals surface area contributed by atoms with E-state index in [2.05, 4.69) is 5.32 Å². The van der Waals surface area contributed by atoms with E-state index in [1.807, 2.05) is 0 Å². The molecule has 3 atom stereocenters. The Bertz CT molecular complexity index is 977. The Hall–Kier alpha value is -1.18. The SMILES string of the molecule is CC1(Cl)CC([C@]2(C(F)(F)F)CCN(c3ccc(CNC(=O)C4CC4)c(F)c3)C2)CC(Cl)=C1Cl. The molecule has 1 saturated carbocycles. The molecule has 1 aromatic carbocycles. The van der Waals surface area contributed by atoms with E-state index in [4.69, 9.17) is 34.8 Å². The lowest BCUT2D eigenvalue weighted by atomic mass is 9.67. The zero-order valence-electron chi connectivity index (χ0n) is 18.0. The Morgan fingerprint density at radius 1 is 1.27 bits per heavy atom. The molecule has 1 aromatic rings. The fourth-order valence-corrected chi connectivity index (χ4v) is 5.90. The normalized spacial score (nSPS) is 30.7. The molecule has 2 fully saturated rings. The number of amides is 1. The number of hydrogen-bond acceptors (Lipinski definition) is 2. The first-order valence-electron chi connectivity index (χ1n) is 11.0. The molecule has 1 heterocycles. The van der Waals surface area contributed by atoms with Crippen molar-refractivity contribution in [1.29, 1.82) is 0 Å². The minimum atomic E-state index is -4.49. The number of alkyl halides is 4. The van der Waals surface area contributed by atoms with Crippen LogP contribution in [0.1, 0.15) is 44.6 Å². The molecule has 0 radical (unpaired) electrons. The van der Waals surface area contributed by atoms with Gasteiger partial charge >= 0.3 is 6.18 Å². The van der Waals surface area contributed by atoms with Crippen LogP contribution in [0.5, 0.6) is 0 Å². The predicted octanol–water partition coefficient (Wildman–Crippen LogP) is 6.71. The van der Waals surface area contributed by atoms with Gasteiger partial charge in [0, 0.05) is 41.8 Å². The van der Waals surface area contributed by atoms with Crippen molar-refractivity contribution < 1.29 is 22.4 Å². The number of anilines is 1. The minimum absolute atomic E-state index is 0.00401. The first kappa shape index (κ1) is 24.9. The summed E-state index contributed by atoms with van der Waals surface area (Å²) in [4.78, 5) is 12.2. The molecule has 0 spiro atoms. The van der Waals surface area contributed by atoms with Gasteiger partial charge in [0.15, 0.2) is 0 Å². The molecule has 2 unspecified atom stereocenters. The lowest BCUT2D eigenvalue weighted by Crippen LogP contribution is -2.49. The fourth-order valence-electron chi connectivity index (χ4n) is 5.00. The number of benzene rings is 1. The highest BCUT2D eigenvalue weighted by molar-refractivity contribution is 6.44. The van der Waals surface area contributed by atoms with Crippen molar-refractivity contribution in [2.75, 3.05) is 18.0 Å².